The summed E-state index contributed by atoms with van der Waals surface area (Å²) in [7, 11) is 0. The summed E-state index contributed by atoms with van der Waals surface area (Å²) in [5.74, 6) is -2.04. The largest absolute Gasteiger partial charge is 0.503 e. The molecule has 1 amide bonds. The Morgan fingerprint density at radius 2 is 1.71 bits per heavy atom. The van der Waals surface area contributed by atoms with Crippen molar-refractivity contribution in [3.8, 4) is 11.5 Å². The van der Waals surface area contributed by atoms with Crippen molar-refractivity contribution >= 4 is 59.7 Å². The van der Waals surface area contributed by atoms with Crippen LogP contribution in [0.5, 0.6) is 11.5 Å². The topological polar surface area (TPSA) is 98.1 Å². The number of hydrogen-bond acceptors (Lipinski definition) is 4. The van der Waals surface area contributed by atoms with Gasteiger partial charge in [0, 0.05) is 23.0 Å². The van der Waals surface area contributed by atoms with Crippen molar-refractivity contribution in [1.82, 2.24) is 4.90 Å². The molecule has 2 rings (SSSR count). The number of aliphatic carboxylic acids is 1. The Bertz CT molecular complexity index is 605. The maximum Gasteiger partial charge on any atom is 0.326 e. The van der Waals surface area contributed by atoms with Gasteiger partial charge in [-0.15, -0.1) is 0 Å². The first kappa shape index (κ1) is 16.6. The van der Waals surface area contributed by atoms with Gasteiger partial charge in [-0.1, -0.05) is 0 Å². The van der Waals surface area contributed by atoms with E-state index < -0.39 is 12.0 Å². The van der Waals surface area contributed by atoms with Crippen molar-refractivity contribution in [2.75, 3.05) is 0 Å². The van der Waals surface area contributed by atoms with E-state index in [4.69, 9.17) is 5.11 Å². The minimum Gasteiger partial charge on any atom is -0.503 e. The van der Waals surface area contributed by atoms with Crippen LogP contribution < -0.4 is 0 Å². The Kier molecular flexibility index (Phi) is 4.84. The number of amides is 1. The zero-order valence-corrected chi connectivity index (χ0v) is 15.2. The summed E-state index contributed by atoms with van der Waals surface area (Å²) in [4.78, 5) is 24.3. The molecule has 0 saturated carbocycles. The number of phenols is 2. The maximum absolute atomic E-state index is 11.9. The molecule has 21 heavy (non-hydrogen) atoms. The van der Waals surface area contributed by atoms with Gasteiger partial charge in [0.2, 0.25) is 5.91 Å². The van der Waals surface area contributed by atoms with Crippen molar-refractivity contribution in [3.63, 3.8) is 0 Å². The van der Waals surface area contributed by atoms with Crippen molar-refractivity contribution in [1.29, 1.82) is 0 Å². The number of phenolic OH excluding ortho intramolecular Hbond substituents is 2. The lowest BCUT2D eigenvalue weighted by molar-refractivity contribution is -0.146. The van der Waals surface area contributed by atoms with Crippen LogP contribution in [-0.4, -0.2) is 38.1 Å². The molecule has 0 bridgehead atoms. The number of hydrogen-bond donors (Lipinski definition) is 3. The molecule has 0 aromatic heterocycles. The Morgan fingerprint density at radius 1 is 1.14 bits per heavy atom. The van der Waals surface area contributed by atoms with Gasteiger partial charge in [0.15, 0.2) is 11.5 Å². The third-order valence-electron chi connectivity index (χ3n) is 3.30. The first-order valence-corrected chi connectivity index (χ1v) is 8.23. The fourth-order valence-electron chi connectivity index (χ4n) is 2.18. The molecule has 1 aliphatic rings. The number of carboxylic acid groups (broad SMARTS) is 1. The number of rotatable bonds is 3. The molecule has 0 spiro atoms. The third kappa shape index (κ3) is 2.91. The zero-order chi connectivity index (χ0) is 15.9. The summed E-state index contributed by atoms with van der Waals surface area (Å²) in [5, 5.41) is 28.7. The van der Waals surface area contributed by atoms with Crippen molar-refractivity contribution in [2.45, 2.75) is 25.4 Å². The van der Waals surface area contributed by atoms with Crippen LogP contribution in [0, 0.1) is 0 Å². The zero-order valence-electron chi connectivity index (χ0n) is 10.4. The Hall–Kier alpha value is -0.800. The second-order valence-corrected chi connectivity index (χ2v) is 6.91. The average Bonchev–Trinajstić information content (AvgIpc) is 2.80. The molecule has 6 nitrogen and oxygen atoms in total. The van der Waals surface area contributed by atoms with Crippen molar-refractivity contribution in [3.05, 3.63) is 19.0 Å². The molecule has 1 saturated heterocycles. The minimum absolute atomic E-state index is 0.00338. The number of nitrogens with zero attached hydrogens (tertiary/aromatic N) is 1. The highest BCUT2D eigenvalue weighted by molar-refractivity contribution is 9.13. The van der Waals surface area contributed by atoms with Gasteiger partial charge in [-0.2, -0.15) is 0 Å². The van der Waals surface area contributed by atoms with Crippen molar-refractivity contribution in [2.24, 2.45) is 0 Å². The predicted octanol–water partition coefficient (Wildman–Crippen LogP) is 2.96. The van der Waals surface area contributed by atoms with E-state index in [2.05, 4.69) is 47.8 Å². The van der Waals surface area contributed by atoms with Crippen LogP contribution in [-0.2, 0) is 16.1 Å². The number of carboxylic acids is 1. The molecule has 1 heterocycles. The molecule has 1 atom stereocenters. The number of aromatic hydroxyl groups is 2. The summed E-state index contributed by atoms with van der Waals surface area (Å²) in [6.07, 6.45) is 0.437. The van der Waals surface area contributed by atoms with Crippen LogP contribution >= 0.6 is 47.8 Å². The van der Waals surface area contributed by atoms with E-state index >= 15 is 0 Å². The van der Waals surface area contributed by atoms with E-state index in [0.717, 1.165) is 0 Å². The number of halogens is 3. The van der Waals surface area contributed by atoms with Gasteiger partial charge in [-0.3, -0.25) is 4.79 Å². The fourth-order valence-corrected chi connectivity index (χ4v) is 3.90. The van der Waals surface area contributed by atoms with Crippen LogP contribution in [0.1, 0.15) is 18.4 Å². The molecule has 3 N–H and O–H groups in total. The Morgan fingerprint density at radius 3 is 2.29 bits per heavy atom. The monoisotopic (exact) mass is 485 g/mol. The smallest absolute Gasteiger partial charge is 0.326 e. The van der Waals surface area contributed by atoms with E-state index in [1.807, 2.05) is 0 Å². The normalized spacial score (nSPS) is 18.3. The van der Waals surface area contributed by atoms with E-state index in [9.17, 15) is 19.8 Å². The summed E-state index contributed by atoms with van der Waals surface area (Å²) in [6, 6.07) is -0.883. The molecule has 1 fully saturated rings. The van der Waals surface area contributed by atoms with Gasteiger partial charge in [-0.05, 0) is 54.2 Å². The van der Waals surface area contributed by atoms with Crippen LogP contribution in [0.4, 0.5) is 0 Å². The highest BCUT2D eigenvalue weighted by Crippen LogP contribution is 2.47. The van der Waals surface area contributed by atoms with Crippen LogP contribution in [0.3, 0.4) is 0 Å². The van der Waals surface area contributed by atoms with Crippen LogP contribution in [0.15, 0.2) is 13.4 Å². The summed E-state index contributed by atoms with van der Waals surface area (Å²) >= 11 is 9.55. The van der Waals surface area contributed by atoms with E-state index in [1.54, 1.807) is 0 Å². The molecule has 9 heteroatoms. The standard InChI is InChI=1S/C12H10Br3NO5/c13-7-4(8(14)10(18)11(19)9(7)15)3-16-5(12(20)21)1-2-6(16)17/h5,18-19H,1-3H2,(H,20,21). The minimum atomic E-state index is -1.06. The van der Waals surface area contributed by atoms with E-state index in [0.29, 0.717) is 10.0 Å². The molecular weight excluding hydrogens is 478 g/mol. The SMILES string of the molecule is O=C(O)C1CCC(=O)N1Cc1c(Br)c(O)c(O)c(Br)c1Br. The van der Waals surface area contributed by atoms with Gasteiger partial charge in [0.05, 0.1) is 8.95 Å². The van der Waals surface area contributed by atoms with Gasteiger partial charge >= 0.3 is 5.97 Å². The molecular formula is C12H10Br3NO5. The van der Waals surface area contributed by atoms with E-state index in [1.165, 1.54) is 4.90 Å². The quantitative estimate of drug-likeness (QED) is 0.450. The van der Waals surface area contributed by atoms with Gasteiger partial charge < -0.3 is 20.2 Å². The Balaban J connectivity index is 2.44. The number of carbonyl (C=O) groups is 2. The highest BCUT2D eigenvalue weighted by Gasteiger charge is 2.37. The molecule has 1 aromatic carbocycles. The molecule has 1 unspecified atom stereocenters. The maximum atomic E-state index is 11.9. The lowest BCUT2D eigenvalue weighted by Gasteiger charge is -2.23. The lowest BCUT2D eigenvalue weighted by atomic mass is 10.1. The van der Waals surface area contributed by atoms with Gasteiger partial charge in [-0.25, -0.2) is 4.79 Å². The fraction of sp³-hybridized carbons (Fsp3) is 0.333. The number of likely N-dealkylation sites (tertiary alicyclic amines) is 1. The predicted molar refractivity (Wildman–Crippen MR) is 84.1 cm³/mol. The van der Waals surface area contributed by atoms with Crippen molar-refractivity contribution < 1.29 is 24.9 Å². The molecule has 0 aliphatic carbocycles. The average molecular weight is 488 g/mol. The van der Waals surface area contributed by atoms with Gasteiger partial charge in [0.1, 0.15) is 6.04 Å². The first-order chi connectivity index (χ1) is 9.75. The number of carbonyl (C=O) groups excluding carboxylic acids is 1. The van der Waals surface area contributed by atoms with Crippen LogP contribution in [0.2, 0.25) is 0 Å². The summed E-state index contributed by atoms with van der Waals surface area (Å²) in [6.45, 7) is 0.00338. The van der Waals surface area contributed by atoms with Crippen LogP contribution in [0.25, 0.3) is 0 Å². The molecule has 1 aliphatic heterocycles. The second-order valence-electron chi connectivity index (χ2n) is 4.53. The summed E-state index contributed by atoms with van der Waals surface area (Å²) in [5.41, 5.74) is 0.471. The van der Waals surface area contributed by atoms with E-state index in [-0.39, 0.29) is 45.7 Å². The highest BCUT2D eigenvalue weighted by atomic mass is 79.9. The summed E-state index contributed by atoms with van der Waals surface area (Å²) < 4.78 is 0.879. The molecule has 1 aromatic rings. The lowest BCUT2D eigenvalue weighted by Crippen LogP contribution is -2.38. The first-order valence-electron chi connectivity index (χ1n) is 5.85. The number of benzene rings is 1. The molecule has 0 radical (unpaired) electrons. The Labute approximate surface area is 145 Å². The second kappa shape index (κ2) is 6.13. The van der Waals surface area contributed by atoms with Gasteiger partial charge in [0.25, 0.3) is 0 Å². The molecule has 114 valence electrons. The third-order valence-corrected chi connectivity index (χ3v) is 6.34.